The van der Waals surface area contributed by atoms with Crippen LogP contribution in [0, 0.1) is 0 Å². The van der Waals surface area contributed by atoms with Crippen molar-refractivity contribution in [2.24, 2.45) is 0 Å². The quantitative estimate of drug-likeness (QED) is 0.510. The van der Waals surface area contributed by atoms with Gasteiger partial charge in [0.15, 0.2) is 0 Å². The lowest BCUT2D eigenvalue weighted by Crippen LogP contribution is -2.54. The van der Waals surface area contributed by atoms with E-state index in [0.717, 1.165) is 0 Å². The number of alkyl halides is 1. The van der Waals surface area contributed by atoms with Gasteiger partial charge < -0.3 is 10.1 Å². The van der Waals surface area contributed by atoms with Crippen LogP contribution in [-0.4, -0.2) is 28.6 Å². The molecule has 0 aliphatic carbocycles. The summed E-state index contributed by atoms with van der Waals surface area (Å²) in [4.78, 5) is 36.0. The highest BCUT2D eigenvalue weighted by Crippen LogP contribution is 2.34. The summed E-state index contributed by atoms with van der Waals surface area (Å²) in [5, 5.41) is 2.51. The molecule has 1 aliphatic rings. The smallest absolute Gasteiger partial charge is 0.340 e. The SMILES string of the molecule is CCOC(=O)C1(Br)C(=O)Nc2ccccc2C1=O. The number of rotatable bonds is 2. The second-order valence-corrected chi connectivity index (χ2v) is 4.90. The topological polar surface area (TPSA) is 72.5 Å². The number of carbonyl (C=O) groups is 3. The highest BCUT2D eigenvalue weighted by molar-refractivity contribution is 9.11. The third-order valence-corrected chi connectivity index (χ3v) is 3.65. The van der Waals surface area contributed by atoms with Crippen molar-refractivity contribution in [2.45, 2.75) is 11.2 Å². The van der Waals surface area contributed by atoms with Gasteiger partial charge in [-0.1, -0.05) is 28.1 Å². The number of hydrogen-bond donors (Lipinski definition) is 1. The Bertz CT molecular complexity index is 543. The van der Waals surface area contributed by atoms with Crippen LogP contribution in [0.25, 0.3) is 0 Å². The number of Topliss-reactive ketones (excluding diaryl/α,β-unsaturated/α-hetero) is 1. The van der Waals surface area contributed by atoms with Gasteiger partial charge in [0.25, 0.3) is 10.2 Å². The number of fused-ring (bicyclic) bond motifs is 1. The summed E-state index contributed by atoms with van der Waals surface area (Å²) in [5.74, 6) is -2.24. The summed E-state index contributed by atoms with van der Waals surface area (Å²) in [6, 6.07) is 6.50. The predicted octanol–water partition coefficient (Wildman–Crippen LogP) is 1.52. The fraction of sp³-hybridized carbons (Fsp3) is 0.250. The predicted molar refractivity (Wildman–Crippen MR) is 67.7 cm³/mol. The van der Waals surface area contributed by atoms with E-state index in [-0.39, 0.29) is 12.2 Å². The molecule has 18 heavy (non-hydrogen) atoms. The fourth-order valence-corrected chi connectivity index (χ4v) is 2.13. The molecule has 0 saturated carbocycles. The molecule has 0 saturated heterocycles. The van der Waals surface area contributed by atoms with Crippen LogP contribution < -0.4 is 5.32 Å². The molecule has 6 heteroatoms. The van der Waals surface area contributed by atoms with Gasteiger partial charge in [-0.2, -0.15) is 0 Å². The number of para-hydroxylation sites is 1. The van der Waals surface area contributed by atoms with Crippen molar-refractivity contribution in [3.05, 3.63) is 29.8 Å². The van der Waals surface area contributed by atoms with Crippen molar-refractivity contribution in [1.82, 2.24) is 0 Å². The number of esters is 1. The van der Waals surface area contributed by atoms with Gasteiger partial charge in [-0.15, -0.1) is 0 Å². The van der Waals surface area contributed by atoms with Gasteiger partial charge in [-0.05, 0) is 19.1 Å². The number of benzene rings is 1. The number of carbonyl (C=O) groups excluding carboxylic acids is 3. The van der Waals surface area contributed by atoms with Gasteiger partial charge in [0.05, 0.1) is 12.3 Å². The van der Waals surface area contributed by atoms with E-state index in [0.29, 0.717) is 5.69 Å². The summed E-state index contributed by atoms with van der Waals surface area (Å²) < 4.78 is 2.78. The molecule has 0 bridgehead atoms. The maximum atomic E-state index is 12.3. The summed E-state index contributed by atoms with van der Waals surface area (Å²) >= 11 is 2.93. The van der Waals surface area contributed by atoms with Crippen molar-refractivity contribution < 1.29 is 19.1 Å². The highest BCUT2D eigenvalue weighted by Gasteiger charge is 2.55. The molecule has 1 N–H and O–H groups in total. The lowest BCUT2D eigenvalue weighted by Gasteiger charge is -2.28. The molecule has 5 nitrogen and oxygen atoms in total. The number of ether oxygens (including phenoxy) is 1. The van der Waals surface area contributed by atoms with E-state index in [1.165, 1.54) is 0 Å². The molecule has 1 heterocycles. The Morgan fingerprint density at radius 2 is 2.06 bits per heavy atom. The van der Waals surface area contributed by atoms with E-state index < -0.39 is 22.0 Å². The first-order chi connectivity index (χ1) is 8.51. The second kappa shape index (κ2) is 4.53. The van der Waals surface area contributed by atoms with Crippen molar-refractivity contribution in [3.63, 3.8) is 0 Å². The van der Waals surface area contributed by atoms with Crippen LogP contribution >= 0.6 is 15.9 Å². The van der Waals surface area contributed by atoms with Crippen LogP contribution in [0.3, 0.4) is 0 Å². The third-order valence-electron chi connectivity index (χ3n) is 2.60. The van der Waals surface area contributed by atoms with Crippen LogP contribution in [0.1, 0.15) is 17.3 Å². The zero-order valence-electron chi connectivity index (χ0n) is 9.53. The summed E-state index contributed by atoms with van der Waals surface area (Å²) in [7, 11) is 0. The van der Waals surface area contributed by atoms with Crippen molar-refractivity contribution >= 4 is 39.3 Å². The van der Waals surface area contributed by atoms with Gasteiger partial charge in [0.2, 0.25) is 5.78 Å². The number of amides is 1. The standard InChI is InChI=1S/C12H10BrNO4/c1-2-18-11(17)12(13)9(15)7-5-3-4-6-8(7)14-10(12)16/h3-6H,2H2,1H3,(H,14,16). The molecule has 0 aromatic heterocycles. The molecule has 1 aromatic rings. The Balaban J connectivity index is 2.50. The Kier molecular flexibility index (Phi) is 3.21. The third kappa shape index (κ3) is 1.73. The molecule has 94 valence electrons. The molecule has 0 radical (unpaired) electrons. The van der Waals surface area contributed by atoms with E-state index in [1.54, 1.807) is 31.2 Å². The monoisotopic (exact) mass is 311 g/mol. The first-order valence-electron chi connectivity index (χ1n) is 5.33. The number of ketones is 1. The van der Waals surface area contributed by atoms with Crippen LogP contribution in [0.2, 0.25) is 0 Å². The molecular formula is C12H10BrNO4. The molecular weight excluding hydrogens is 302 g/mol. The number of anilines is 1. The Morgan fingerprint density at radius 1 is 1.39 bits per heavy atom. The van der Waals surface area contributed by atoms with Gasteiger partial charge in [0, 0.05) is 5.56 Å². The van der Waals surface area contributed by atoms with E-state index in [4.69, 9.17) is 4.74 Å². The average Bonchev–Trinajstić information content (AvgIpc) is 2.36. The first kappa shape index (κ1) is 12.8. The minimum Gasteiger partial charge on any atom is -0.464 e. The summed E-state index contributed by atoms with van der Waals surface area (Å²) in [6.45, 7) is 1.70. The van der Waals surface area contributed by atoms with E-state index in [9.17, 15) is 14.4 Å². The maximum absolute atomic E-state index is 12.3. The maximum Gasteiger partial charge on any atom is 0.340 e. The Hall–Kier alpha value is -1.69. The average molecular weight is 312 g/mol. The lowest BCUT2D eigenvalue weighted by atomic mass is 9.91. The van der Waals surface area contributed by atoms with Crippen LogP contribution in [0.15, 0.2) is 24.3 Å². The summed E-state index contributed by atoms with van der Waals surface area (Å²) in [6.07, 6.45) is 0. The molecule has 2 rings (SSSR count). The Labute approximate surface area is 112 Å². The van der Waals surface area contributed by atoms with Crippen LogP contribution in [0.4, 0.5) is 5.69 Å². The molecule has 1 amide bonds. The van der Waals surface area contributed by atoms with E-state index in [2.05, 4.69) is 21.2 Å². The zero-order valence-corrected chi connectivity index (χ0v) is 11.1. The highest BCUT2D eigenvalue weighted by atomic mass is 79.9. The van der Waals surface area contributed by atoms with Crippen LogP contribution in [-0.2, 0) is 14.3 Å². The first-order valence-corrected chi connectivity index (χ1v) is 6.12. The van der Waals surface area contributed by atoms with Gasteiger partial charge in [-0.3, -0.25) is 9.59 Å². The number of halogens is 1. The van der Waals surface area contributed by atoms with E-state index >= 15 is 0 Å². The van der Waals surface area contributed by atoms with Crippen molar-refractivity contribution in [2.75, 3.05) is 11.9 Å². The molecule has 1 aliphatic heterocycles. The van der Waals surface area contributed by atoms with Gasteiger partial charge in [-0.25, -0.2) is 4.79 Å². The van der Waals surface area contributed by atoms with Crippen molar-refractivity contribution in [1.29, 1.82) is 0 Å². The summed E-state index contributed by atoms with van der Waals surface area (Å²) in [5.41, 5.74) is 0.675. The number of hydrogen-bond acceptors (Lipinski definition) is 4. The Morgan fingerprint density at radius 3 is 2.72 bits per heavy atom. The van der Waals surface area contributed by atoms with Crippen LogP contribution in [0.5, 0.6) is 0 Å². The minimum atomic E-state index is -1.99. The normalized spacial score (nSPS) is 22.1. The fourth-order valence-electron chi connectivity index (χ4n) is 1.70. The molecule has 0 fully saturated rings. The minimum absolute atomic E-state index is 0.0917. The van der Waals surface area contributed by atoms with E-state index in [1.807, 2.05) is 0 Å². The zero-order chi connectivity index (χ0) is 13.3. The van der Waals surface area contributed by atoms with Gasteiger partial charge in [0.1, 0.15) is 0 Å². The molecule has 1 aromatic carbocycles. The second-order valence-electron chi connectivity index (χ2n) is 3.71. The van der Waals surface area contributed by atoms with Crippen molar-refractivity contribution in [3.8, 4) is 0 Å². The molecule has 1 unspecified atom stereocenters. The number of nitrogens with one attached hydrogen (secondary N) is 1. The van der Waals surface area contributed by atoms with Gasteiger partial charge >= 0.3 is 5.97 Å². The lowest BCUT2D eigenvalue weighted by molar-refractivity contribution is -0.146. The largest absolute Gasteiger partial charge is 0.464 e. The molecule has 1 atom stereocenters. The molecule has 0 spiro atoms.